The lowest BCUT2D eigenvalue weighted by Crippen LogP contribution is -2.32. The van der Waals surface area contributed by atoms with Crippen LogP contribution in [0, 0.1) is 6.92 Å². The Kier molecular flexibility index (Phi) is 9.13. The maximum absolute atomic E-state index is 12.9. The number of hydrogen-bond donors (Lipinski definition) is 2. The lowest BCUT2D eigenvalue weighted by atomic mass is 10.1. The van der Waals surface area contributed by atoms with Crippen molar-refractivity contribution in [1.82, 2.24) is 5.43 Å². The molecular formula is C26H23ClF3N3O4. The molecule has 7 nitrogen and oxygen atoms in total. The largest absolute Gasteiger partial charge is 0.490 e. The summed E-state index contributed by atoms with van der Waals surface area (Å²) in [6.07, 6.45) is -3.37. The number of aryl methyl sites for hydroxylation is 1. The van der Waals surface area contributed by atoms with Gasteiger partial charge in [-0.15, -0.1) is 0 Å². The monoisotopic (exact) mass is 533 g/mol. The Morgan fingerprint density at radius 3 is 2.49 bits per heavy atom. The van der Waals surface area contributed by atoms with Crippen LogP contribution in [0.1, 0.15) is 29.2 Å². The zero-order valence-electron chi connectivity index (χ0n) is 19.9. The third-order valence-corrected chi connectivity index (χ3v) is 5.20. The molecule has 0 aromatic heterocycles. The highest BCUT2D eigenvalue weighted by Gasteiger charge is 2.31. The Morgan fingerprint density at radius 1 is 1.00 bits per heavy atom. The zero-order valence-corrected chi connectivity index (χ0v) is 20.6. The number of hydrogen-bond acceptors (Lipinski definition) is 5. The molecule has 0 heterocycles. The van der Waals surface area contributed by atoms with E-state index in [1.165, 1.54) is 6.21 Å². The summed E-state index contributed by atoms with van der Waals surface area (Å²) < 4.78 is 50.2. The van der Waals surface area contributed by atoms with Crippen LogP contribution < -0.4 is 20.2 Å². The minimum Gasteiger partial charge on any atom is -0.490 e. The molecule has 0 fully saturated rings. The summed E-state index contributed by atoms with van der Waals surface area (Å²) >= 11 is 5.83. The molecule has 0 aliphatic heterocycles. The van der Waals surface area contributed by atoms with E-state index >= 15 is 0 Å². The number of halogens is 4. The number of ether oxygens (including phenoxy) is 2. The third kappa shape index (κ3) is 7.97. The lowest BCUT2D eigenvalue weighted by molar-refractivity contribution is -0.137. The number of hydrazone groups is 1. The number of carbonyl (C=O) groups excluding carboxylic acids is 2. The first-order chi connectivity index (χ1) is 17.6. The Morgan fingerprint density at radius 2 is 1.78 bits per heavy atom. The number of benzene rings is 3. The minimum absolute atomic E-state index is 0.161. The molecule has 37 heavy (non-hydrogen) atoms. The molecule has 0 saturated carbocycles. The van der Waals surface area contributed by atoms with Gasteiger partial charge in [-0.05, 0) is 61.4 Å². The third-order valence-electron chi connectivity index (χ3n) is 4.87. The number of alkyl halides is 3. The van der Waals surface area contributed by atoms with E-state index in [1.807, 2.05) is 48.9 Å². The van der Waals surface area contributed by atoms with Crippen LogP contribution in [0.2, 0.25) is 5.02 Å². The molecule has 0 atom stereocenters. The predicted molar refractivity (Wildman–Crippen MR) is 134 cm³/mol. The average molecular weight is 534 g/mol. The van der Waals surface area contributed by atoms with E-state index in [1.54, 1.807) is 18.2 Å². The Bertz CT molecular complexity index is 1310. The second kappa shape index (κ2) is 12.3. The number of anilines is 1. The van der Waals surface area contributed by atoms with Crippen molar-refractivity contribution >= 4 is 35.3 Å². The highest BCUT2D eigenvalue weighted by molar-refractivity contribution is 6.41. The fourth-order valence-corrected chi connectivity index (χ4v) is 3.31. The van der Waals surface area contributed by atoms with E-state index in [0.29, 0.717) is 36.3 Å². The van der Waals surface area contributed by atoms with Gasteiger partial charge in [-0.2, -0.15) is 18.3 Å². The van der Waals surface area contributed by atoms with Crippen LogP contribution in [0.25, 0.3) is 0 Å². The van der Waals surface area contributed by atoms with Gasteiger partial charge in [0.25, 0.3) is 0 Å². The second-order valence-electron chi connectivity index (χ2n) is 7.76. The van der Waals surface area contributed by atoms with Crippen molar-refractivity contribution in [1.29, 1.82) is 0 Å². The summed E-state index contributed by atoms with van der Waals surface area (Å²) in [5.74, 6) is -1.47. The molecule has 3 aromatic rings. The van der Waals surface area contributed by atoms with Gasteiger partial charge in [0.2, 0.25) is 0 Å². The molecule has 3 aromatic carbocycles. The van der Waals surface area contributed by atoms with Gasteiger partial charge in [0.05, 0.1) is 29.1 Å². The first-order valence-electron chi connectivity index (χ1n) is 11.0. The quantitative estimate of drug-likeness (QED) is 0.220. The van der Waals surface area contributed by atoms with Gasteiger partial charge in [-0.3, -0.25) is 9.59 Å². The first kappa shape index (κ1) is 27.5. The number of nitrogens with zero attached hydrogens (tertiary/aromatic N) is 1. The van der Waals surface area contributed by atoms with Gasteiger partial charge < -0.3 is 14.8 Å². The highest BCUT2D eigenvalue weighted by Crippen LogP contribution is 2.34. The molecule has 0 aliphatic rings. The molecule has 2 amide bonds. The van der Waals surface area contributed by atoms with E-state index < -0.39 is 23.6 Å². The topological polar surface area (TPSA) is 89.0 Å². The molecule has 0 unspecified atom stereocenters. The smallest absolute Gasteiger partial charge is 0.416 e. The first-order valence-corrected chi connectivity index (χ1v) is 11.4. The fourth-order valence-electron chi connectivity index (χ4n) is 3.15. The van der Waals surface area contributed by atoms with Crippen molar-refractivity contribution in [2.24, 2.45) is 5.10 Å². The van der Waals surface area contributed by atoms with Gasteiger partial charge in [-0.1, -0.05) is 41.4 Å². The Labute approximate surface area is 216 Å². The highest BCUT2D eigenvalue weighted by atomic mass is 35.5. The maximum atomic E-state index is 12.9. The van der Waals surface area contributed by atoms with E-state index in [-0.39, 0.29) is 10.7 Å². The van der Waals surface area contributed by atoms with Gasteiger partial charge in [-0.25, -0.2) is 5.43 Å². The molecular weight excluding hydrogens is 511 g/mol. The molecule has 0 saturated heterocycles. The van der Waals surface area contributed by atoms with Gasteiger partial charge in [0.1, 0.15) is 6.61 Å². The molecule has 194 valence electrons. The molecule has 0 radical (unpaired) electrons. The minimum atomic E-state index is -4.64. The van der Waals surface area contributed by atoms with E-state index in [0.717, 1.165) is 23.3 Å². The zero-order chi connectivity index (χ0) is 27.0. The molecule has 0 spiro atoms. The number of rotatable bonds is 8. The van der Waals surface area contributed by atoms with Gasteiger partial charge in [0.15, 0.2) is 11.5 Å². The lowest BCUT2D eigenvalue weighted by Gasteiger charge is -2.13. The van der Waals surface area contributed by atoms with Crippen molar-refractivity contribution in [2.45, 2.75) is 26.6 Å². The Balaban J connectivity index is 1.62. The number of carbonyl (C=O) groups is 2. The SMILES string of the molecule is CCOc1cc(/C=N/NC(=O)C(=O)Nc2cc(C(F)(F)F)ccc2Cl)ccc1OCc1cccc(C)c1. The predicted octanol–water partition coefficient (Wildman–Crippen LogP) is 5.73. The van der Waals surface area contributed by atoms with E-state index in [9.17, 15) is 22.8 Å². The van der Waals surface area contributed by atoms with Crippen LogP contribution in [0.4, 0.5) is 18.9 Å². The van der Waals surface area contributed by atoms with Gasteiger partial charge >= 0.3 is 18.0 Å². The van der Waals surface area contributed by atoms with Crippen molar-refractivity contribution in [3.8, 4) is 11.5 Å². The van der Waals surface area contributed by atoms with E-state index in [2.05, 4.69) is 5.10 Å². The maximum Gasteiger partial charge on any atom is 0.416 e. The van der Waals surface area contributed by atoms with Crippen LogP contribution in [0.5, 0.6) is 11.5 Å². The van der Waals surface area contributed by atoms with Crippen molar-refractivity contribution in [2.75, 3.05) is 11.9 Å². The van der Waals surface area contributed by atoms with Crippen LogP contribution in [-0.4, -0.2) is 24.6 Å². The van der Waals surface area contributed by atoms with Crippen LogP contribution in [0.3, 0.4) is 0 Å². The molecule has 11 heteroatoms. The van der Waals surface area contributed by atoms with Gasteiger partial charge in [0, 0.05) is 0 Å². The summed E-state index contributed by atoms with van der Waals surface area (Å²) in [5, 5.41) is 5.60. The van der Waals surface area contributed by atoms with Crippen molar-refractivity contribution < 1.29 is 32.2 Å². The molecule has 0 aliphatic carbocycles. The fraction of sp³-hybridized carbons (Fsp3) is 0.192. The molecule has 3 rings (SSSR count). The van der Waals surface area contributed by atoms with Crippen molar-refractivity contribution in [3.05, 3.63) is 87.9 Å². The van der Waals surface area contributed by atoms with E-state index in [4.69, 9.17) is 21.1 Å². The normalized spacial score (nSPS) is 11.3. The van der Waals surface area contributed by atoms with Crippen LogP contribution in [-0.2, 0) is 22.4 Å². The summed E-state index contributed by atoms with van der Waals surface area (Å²) in [5.41, 5.74) is 3.28. The number of amides is 2. The standard InChI is InChI=1S/C26H23ClF3N3O4/c1-3-36-23-12-17(7-10-22(23)37-15-18-6-4-5-16(2)11-18)14-31-33-25(35)24(34)32-21-13-19(26(28,29)30)8-9-20(21)27/h4-14H,3,15H2,1-2H3,(H,32,34)(H,33,35)/b31-14+. The summed E-state index contributed by atoms with van der Waals surface area (Å²) in [4.78, 5) is 24.1. The molecule has 2 N–H and O–H groups in total. The second-order valence-corrected chi connectivity index (χ2v) is 8.17. The molecule has 0 bridgehead atoms. The number of nitrogens with one attached hydrogen (secondary N) is 2. The Hall–Kier alpha value is -4.05. The summed E-state index contributed by atoms with van der Waals surface area (Å²) in [7, 11) is 0. The summed E-state index contributed by atoms with van der Waals surface area (Å²) in [6.45, 7) is 4.54. The average Bonchev–Trinajstić information content (AvgIpc) is 2.84. The van der Waals surface area contributed by atoms with Crippen LogP contribution >= 0.6 is 11.6 Å². The van der Waals surface area contributed by atoms with Crippen LogP contribution in [0.15, 0.2) is 65.8 Å². The van der Waals surface area contributed by atoms with Crippen molar-refractivity contribution in [3.63, 3.8) is 0 Å². The summed E-state index contributed by atoms with van der Waals surface area (Å²) in [6, 6.07) is 15.3.